The molecule has 0 heterocycles. The van der Waals surface area contributed by atoms with Crippen molar-refractivity contribution in [3.05, 3.63) is 29.8 Å². The van der Waals surface area contributed by atoms with E-state index in [1.807, 2.05) is 6.92 Å². The standard InChI is InChI=1S/C13H14O4/c1-8-7-11(8)13(15)17-10-5-3-9(4-6-10)12(14)16-2/h3-6,8,11H,7H2,1-2H3. The number of hydrogen-bond acceptors (Lipinski definition) is 4. The predicted octanol–water partition coefficient (Wildman–Crippen LogP) is 2.03. The molecule has 4 nitrogen and oxygen atoms in total. The predicted molar refractivity (Wildman–Crippen MR) is 60.7 cm³/mol. The molecule has 2 unspecified atom stereocenters. The molecule has 1 saturated carbocycles. The van der Waals surface area contributed by atoms with Crippen LogP contribution in [-0.2, 0) is 9.53 Å². The molecule has 2 atom stereocenters. The second kappa shape index (κ2) is 4.57. The summed E-state index contributed by atoms with van der Waals surface area (Å²) < 4.78 is 9.76. The molecule has 17 heavy (non-hydrogen) atoms. The third-order valence-corrected chi connectivity index (χ3v) is 2.91. The van der Waals surface area contributed by atoms with E-state index in [1.54, 1.807) is 24.3 Å². The lowest BCUT2D eigenvalue weighted by atomic mass is 10.2. The van der Waals surface area contributed by atoms with Crippen LogP contribution in [0.15, 0.2) is 24.3 Å². The highest BCUT2D eigenvalue weighted by Crippen LogP contribution is 2.38. The summed E-state index contributed by atoms with van der Waals surface area (Å²) in [6.45, 7) is 2.02. The van der Waals surface area contributed by atoms with E-state index >= 15 is 0 Å². The van der Waals surface area contributed by atoms with Crippen LogP contribution in [0.2, 0.25) is 0 Å². The fraction of sp³-hybridized carbons (Fsp3) is 0.385. The van der Waals surface area contributed by atoms with Gasteiger partial charge in [0.25, 0.3) is 0 Å². The zero-order valence-corrected chi connectivity index (χ0v) is 9.80. The number of hydrogen-bond donors (Lipinski definition) is 0. The van der Waals surface area contributed by atoms with Crippen LogP contribution in [0.5, 0.6) is 5.75 Å². The van der Waals surface area contributed by atoms with E-state index in [1.165, 1.54) is 7.11 Å². The van der Waals surface area contributed by atoms with E-state index in [4.69, 9.17) is 4.74 Å². The van der Waals surface area contributed by atoms with Gasteiger partial charge in [0.2, 0.25) is 0 Å². The van der Waals surface area contributed by atoms with Gasteiger partial charge in [-0.3, -0.25) is 4.79 Å². The number of methoxy groups -OCH3 is 1. The number of carbonyl (C=O) groups is 2. The lowest BCUT2D eigenvalue weighted by Crippen LogP contribution is -2.11. The van der Waals surface area contributed by atoms with Crippen LogP contribution in [0.1, 0.15) is 23.7 Å². The maximum absolute atomic E-state index is 11.5. The lowest BCUT2D eigenvalue weighted by molar-refractivity contribution is -0.136. The van der Waals surface area contributed by atoms with Crippen LogP contribution >= 0.6 is 0 Å². The molecular formula is C13H14O4. The van der Waals surface area contributed by atoms with Crippen molar-refractivity contribution in [1.29, 1.82) is 0 Å². The third-order valence-electron chi connectivity index (χ3n) is 2.91. The van der Waals surface area contributed by atoms with Crippen molar-refractivity contribution in [2.75, 3.05) is 7.11 Å². The van der Waals surface area contributed by atoms with Crippen molar-refractivity contribution >= 4 is 11.9 Å². The summed E-state index contributed by atoms with van der Waals surface area (Å²) in [5.74, 6) is 0.330. The van der Waals surface area contributed by atoms with Crippen LogP contribution < -0.4 is 4.74 Å². The quantitative estimate of drug-likeness (QED) is 0.593. The zero-order chi connectivity index (χ0) is 12.4. The van der Waals surface area contributed by atoms with Crippen LogP contribution in [0.3, 0.4) is 0 Å². The summed E-state index contributed by atoms with van der Waals surface area (Å²) in [4.78, 5) is 22.7. The first-order valence-electron chi connectivity index (χ1n) is 5.52. The summed E-state index contributed by atoms with van der Waals surface area (Å²) in [5, 5.41) is 0. The van der Waals surface area contributed by atoms with Crippen LogP contribution in [0.4, 0.5) is 0 Å². The summed E-state index contributed by atoms with van der Waals surface area (Å²) >= 11 is 0. The number of benzene rings is 1. The molecule has 0 aliphatic heterocycles. The number of esters is 2. The van der Waals surface area contributed by atoms with Gasteiger partial charge in [0.1, 0.15) is 5.75 Å². The molecule has 1 aliphatic rings. The molecule has 1 fully saturated rings. The zero-order valence-electron chi connectivity index (χ0n) is 9.80. The highest BCUT2D eigenvalue weighted by Gasteiger charge is 2.40. The van der Waals surface area contributed by atoms with Crippen molar-refractivity contribution in [1.82, 2.24) is 0 Å². The molecule has 2 rings (SSSR count). The minimum Gasteiger partial charge on any atom is -0.465 e. The van der Waals surface area contributed by atoms with Crippen LogP contribution in [0, 0.1) is 11.8 Å². The van der Waals surface area contributed by atoms with Gasteiger partial charge in [0.15, 0.2) is 0 Å². The Balaban J connectivity index is 1.98. The Hall–Kier alpha value is -1.84. The van der Waals surface area contributed by atoms with Crippen molar-refractivity contribution in [2.45, 2.75) is 13.3 Å². The van der Waals surface area contributed by atoms with Gasteiger partial charge in [-0.25, -0.2) is 4.79 Å². The summed E-state index contributed by atoms with van der Waals surface area (Å²) in [6, 6.07) is 6.34. The number of rotatable bonds is 3. The molecule has 1 aromatic carbocycles. The largest absolute Gasteiger partial charge is 0.465 e. The average Bonchev–Trinajstić information content (AvgIpc) is 3.06. The Morgan fingerprint density at radius 3 is 2.29 bits per heavy atom. The van der Waals surface area contributed by atoms with Gasteiger partial charge < -0.3 is 9.47 Å². The van der Waals surface area contributed by atoms with Gasteiger partial charge in [0.05, 0.1) is 18.6 Å². The third kappa shape index (κ3) is 2.64. The fourth-order valence-corrected chi connectivity index (χ4v) is 1.62. The normalized spacial score (nSPS) is 21.8. The topological polar surface area (TPSA) is 52.6 Å². The Morgan fingerprint density at radius 2 is 1.82 bits per heavy atom. The molecule has 90 valence electrons. The Labute approximate surface area is 99.5 Å². The molecule has 0 saturated heterocycles. The maximum atomic E-state index is 11.5. The Kier molecular flexibility index (Phi) is 3.13. The molecule has 1 aromatic rings. The van der Waals surface area contributed by atoms with Gasteiger partial charge in [-0.05, 0) is 36.6 Å². The number of ether oxygens (including phenoxy) is 2. The minimum atomic E-state index is -0.404. The molecule has 0 spiro atoms. The molecule has 0 bridgehead atoms. The molecule has 0 amide bonds. The van der Waals surface area contributed by atoms with Gasteiger partial charge >= 0.3 is 11.9 Å². The van der Waals surface area contributed by atoms with Crippen LogP contribution in [-0.4, -0.2) is 19.0 Å². The van der Waals surface area contributed by atoms with E-state index in [0.717, 1.165) is 6.42 Å². The van der Waals surface area contributed by atoms with E-state index in [0.29, 0.717) is 17.2 Å². The van der Waals surface area contributed by atoms with Gasteiger partial charge in [0, 0.05) is 0 Å². The van der Waals surface area contributed by atoms with E-state index in [-0.39, 0.29) is 11.9 Å². The molecule has 4 heteroatoms. The summed E-state index contributed by atoms with van der Waals surface area (Å²) in [5.41, 5.74) is 0.437. The smallest absolute Gasteiger partial charge is 0.337 e. The average molecular weight is 234 g/mol. The first-order chi connectivity index (χ1) is 8.11. The highest BCUT2D eigenvalue weighted by molar-refractivity contribution is 5.89. The molecule has 0 aromatic heterocycles. The summed E-state index contributed by atoms with van der Waals surface area (Å²) in [6.07, 6.45) is 0.902. The van der Waals surface area contributed by atoms with Crippen molar-refractivity contribution < 1.29 is 19.1 Å². The molecule has 0 N–H and O–H groups in total. The first-order valence-corrected chi connectivity index (χ1v) is 5.52. The van der Waals surface area contributed by atoms with Crippen LogP contribution in [0.25, 0.3) is 0 Å². The maximum Gasteiger partial charge on any atom is 0.337 e. The Morgan fingerprint density at radius 1 is 1.24 bits per heavy atom. The van der Waals surface area contributed by atoms with Crippen molar-refractivity contribution in [3.8, 4) is 5.75 Å². The van der Waals surface area contributed by atoms with Crippen molar-refractivity contribution in [3.63, 3.8) is 0 Å². The van der Waals surface area contributed by atoms with Crippen molar-refractivity contribution in [2.24, 2.45) is 11.8 Å². The summed E-state index contributed by atoms with van der Waals surface area (Å²) in [7, 11) is 1.32. The van der Waals surface area contributed by atoms with E-state index < -0.39 is 5.97 Å². The fourth-order valence-electron chi connectivity index (χ4n) is 1.62. The second-order valence-electron chi connectivity index (χ2n) is 4.26. The van der Waals surface area contributed by atoms with Gasteiger partial charge in [-0.2, -0.15) is 0 Å². The lowest BCUT2D eigenvalue weighted by Gasteiger charge is -2.04. The molecule has 0 radical (unpaired) electrons. The first kappa shape index (κ1) is 11.6. The number of carbonyl (C=O) groups excluding carboxylic acids is 2. The monoisotopic (exact) mass is 234 g/mol. The highest BCUT2D eigenvalue weighted by atomic mass is 16.5. The van der Waals surface area contributed by atoms with E-state index in [2.05, 4.69) is 4.74 Å². The van der Waals surface area contributed by atoms with E-state index in [9.17, 15) is 9.59 Å². The molecular weight excluding hydrogens is 220 g/mol. The molecule has 1 aliphatic carbocycles. The second-order valence-corrected chi connectivity index (χ2v) is 4.26. The van der Waals surface area contributed by atoms with Gasteiger partial charge in [-0.1, -0.05) is 6.92 Å². The minimum absolute atomic E-state index is 0.0373. The van der Waals surface area contributed by atoms with Gasteiger partial charge in [-0.15, -0.1) is 0 Å². The SMILES string of the molecule is COC(=O)c1ccc(OC(=O)C2CC2C)cc1. The Bertz CT molecular complexity index is 435.